The number of amides is 2. The summed E-state index contributed by atoms with van der Waals surface area (Å²) >= 11 is 0. The number of Topliss-reactive ketones (excluding diaryl/α,β-unsaturated/α-hetero) is 1. The van der Waals surface area contributed by atoms with Crippen LogP contribution in [0.25, 0.3) is 5.57 Å². The van der Waals surface area contributed by atoms with Crippen molar-refractivity contribution in [1.82, 2.24) is 5.32 Å². The van der Waals surface area contributed by atoms with Crippen LogP contribution < -0.4 is 20.6 Å². The molecule has 0 aliphatic heterocycles. The van der Waals surface area contributed by atoms with Gasteiger partial charge in [0.1, 0.15) is 6.54 Å². The highest BCUT2D eigenvalue weighted by Crippen LogP contribution is 2.43. The van der Waals surface area contributed by atoms with Crippen LogP contribution in [0.4, 0.5) is 22.7 Å². The second kappa shape index (κ2) is 22.8. The van der Waals surface area contributed by atoms with Crippen LogP contribution in [0.1, 0.15) is 151 Å². The van der Waals surface area contributed by atoms with Crippen molar-refractivity contribution < 1.29 is 24.1 Å². The molecule has 3 aromatic carbocycles. The van der Waals surface area contributed by atoms with Gasteiger partial charge >= 0.3 is 0 Å². The standard InChI is InChI=1S/C58H78N4O4/c1-13-15-17-43-19-23-45(24-20-43)61(33-31-39(3)37-57(7,8)9)47-27-29-49(51(35-47)59-41(5)63)53-55(65)54(56(53)66)50-30-28-48(36-52(50)60-42(6)64)62(34-32-40(4)38-58(10,11)12)46-25-21-44(22-26-46)18-16-14-2/h19-30,35-36,39-40H,13-18,31-34,37-38H2,1-12H3,(H2,59,60,63,64,65,66). The first-order valence-electron chi connectivity index (χ1n) is 24.6. The lowest BCUT2D eigenvalue weighted by atomic mass is 9.78. The number of hydrogen-bond acceptors (Lipinski definition) is 5. The fourth-order valence-corrected chi connectivity index (χ4v) is 9.56. The van der Waals surface area contributed by atoms with Crippen LogP contribution in [0.15, 0.2) is 108 Å². The molecule has 0 spiro atoms. The molecular formula is C58H78N4O4. The van der Waals surface area contributed by atoms with E-state index < -0.39 is 11.5 Å². The highest BCUT2D eigenvalue weighted by atomic mass is 16.3. The smallest absolute Gasteiger partial charge is 0.221 e. The van der Waals surface area contributed by atoms with E-state index in [0.717, 1.165) is 100 Å². The molecule has 5 rings (SSSR count). The first-order valence-corrected chi connectivity index (χ1v) is 24.6. The van der Waals surface area contributed by atoms with Gasteiger partial charge in [0.2, 0.25) is 23.2 Å². The minimum absolute atomic E-state index is 0.0152. The van der Waals surface area contributed by atoms with Crippen molar-refractivity contribution in [2.24, 2.45) is 22.7 Å². The lowest BCUT2D eigenvalue weighted by molar-refractivity contribution is -0.441. The zero-order valence-corrected chi connectivity index (χ0v) is 42.3. The maximum atomic E-state index is 14.4. The summed E-state index contributed by atoms with van der Waals surface area (Å²) in [5, 5.41) is 20.3. The van der Waals surface area contributed by atoms with Crippen LogP contribution in [0.3, 0.4) is 0 Å². The summed E-state index contributed by atoms with van der Waals surface area (Å²) in [4.78, 5) is 42.2. The lowest BCUT2D eigenvalue weighted by Crippen LogP contribution is -2.34. The van der Waals surface area contributed by atoms with Crippen LogP contribution in [0.2, 0.25) is 0 Å². The number of carbonyl (C=O) groups excluding carboxylic acids is 3. The van der Waals surface area contributed by atoms with E-state index in [1.807, 2.05) is 24.3 Å². The Morgan fingerprint density at radius 3 is 1.79 bits per heavy atom. The van der Waals surface area contributed by atoms with Crippen LogP contribution >= 0.6 is 0 Å². The van der Waals surface area contributed by atoms with Crippen LogP contribution in [-0.2, 0) is 27.2 Å². The number of carbonyl (C=O) groups is 3. The fourth-order valence-electron chi connectivity index (χ4n) is 9.56. The van der Waals surface area contributed by atoms with E-state index in [9.17, 15) is 19.5 Å². The van der Waals surface area contributed by atoms with Crippen molar-refractivity contribution in [2.45, 2.75) is 147 Å². The summed E-state index contributed by atoms with van der Waals surface area (Å²) in [6, 6.07) is 23.0. The molecule has 2 aliphatic carbocycles. The molecule has 2 N–H and O–H groups in total. The van der Waals surface area contributed by atoms with Gasteiger partial charge in [0.05, 0.1) is 11.4 Å². The Labute approximate surface area is 397 Å². The highest BCUT2D eigenvalue weighted by molar-refractivity contribution is 6.40. The van der Waals surface area contributed by atoms with Gasteiger partial charge in [0, 0.05) is 84.8 Å². The second-order valence-electron chi connectivity index (χ2n) is 21.4. The molecule has 0 saturated heterocycles. The SMILES string of the molecule is CCCCc1ccc(N(CCC(C)CC(C)(C)C)c2ccc(C3=C([O-])/C(=C4\C=CC(=[N+](CCC(C)CC(C)(C)C)c5ccc(CCCC)cc5)C=C4NC(C)=O)C3=O)c(NC(C)=O)c2)cc1. The summed E-state index contributed by atoms with van der Waals surface area (Å²) in [5.41, 5.74) is 8.36. The number of anilines is 3. The Morgan fingerprint density at radius 1 is 0.712 bits per heavy atom. The van der Waals surface area contributed by atoms with Crippen molar-refractivity contribution in [3.8, 4) is 0 Å². The lowest BCUT2D eigenvalue weighted by Gasteiger charge is -2.35. The van der Waals surface area contributed by atoms with E-state index in [0.29, 0.717) is 34.4 Å². The Bertz CT molecular complexity index is 2360. The van der Waals surface area contributed by atoms with E-state index in [2.05, 4.69) is 138 Å². The number of rotatable bonds is 20. The van der Waals surface area contributed by atoms with Gasteiger partial charge in [-0.05, 0) is 109 Å². The largest absolute Gasteiger partial charge is 0.871 e. The van der Waals surface area contributed by atoms with Crippen molar-refractivity contribution in [1.29, 1.82) is 0 Å². The number of allylic oxidation sites excluding steroid dienone is 5. The Hall–Kier alpha value is -5.50. The molecule has 3 aromatic rings. The van der Waals surface area contributed by atoms with E-state index >= 15 is 0 Å². The maximum absolute atomic E-state index is 14.4. The van der Waals surface area contributed by atoms with Crippen molar-refractivity contribution in [3.63, 3.8) is 0 Å². The molecule has 66 heavy (non-hydrogen) atoms. The monoisotopic (exact) mass is 895 g/mol. The molecule has 354 valence electrons. The minimum atomic E-state index is -0.426. The Balaban J connectivity index is 1.56. The summed E-state index contributed by atoms with van der Waals surface area (Å²) in [6.07, 6.45) is 16.3. The molecule has 2 amide bonds. The number of benzene rings is 3. The van der Waals surface area contributed by atoms with E-state index in [1.165, 1.54) is 25.0 Å². The van der Waals surface area contributed by atoms with E-state index in [-0.39, 0.29) is 33.8 Å². The number of nitrogens with zero attached hydrogens (tertiary/aromatic N) is 2. The second-order valence-corrected chi connectivity index (χ2v) is 21.4. The van der Waals surface area contributed by atoms with Crippen LogP contribution in [0, 0.1) is 22.7 Å². The van der Waals surface area contributed by atoms with Gasteiger partial charge in [0.25, 0.3) is 0 Å². The van der Waals surface area contributed by atoms with Gasteiger partial charge < -0.3 is 20.6 Å². The van der Waals surface area contributed by atoms with Gasteiger partial charge in [-0.3, -0.25) is 14.4 Å². The number of ketones is 1. The third-order valence-corrected chi connectivity index (χ3v) is 12.4. The molecule has 8 heteroatoms. The van der Waals surface area contributed by atoms with Gasteiger partial charge in [0.15, 0.2) is 5.78 Å². The van der Waals surface area contributed by atoms with Crippen LogP contribution in [0.5, 0.6) is 0 Å². The molecule has 0 radical (unpaired) electrons. The number of unbranched alkanes of at least 4 members (excludes halogenated alkanes) is 2. The summed E-state index contributed by atoms with van der Waals surface area (Å²) < 4.78 is 2.26. The average molecular weight is 895 g/mol. The maximum Gasteiger partial charge on any atom is 0.221 e. The molecular weight excluding hydrogens is 817 g/mol. The fraction of sp³-hybridized carbons (Fsp3) is 0.483. The molecule has 0 aromatic heterocycles. The van der Waals surface area contributed by atoms with Crippen molar-refractivity contribution in [3.05, 3.63) is 124 Å². The molecule has 0 heterocycles. The number of nitrogens with one attached hydrogen (secondary N) is 2. The third kappa shape index (κ3) is 14.3. The molecule has 2 aliphatic rings. The number of hydrogen-bond donors (Lipinski definition) is 2. The predicted molar refractivity (Wildman–Crippen MR) is 273 cm³/mol. The minimum Gasteiger partial charge on any atom is -0.871 e. The topological polar surface area (TPSA) is 105 Å². The highest BCUT2D eigenvalue weighted by Gasteiger charge is 2.35. The van der Waals surface area contributed by atoms with Gasteiger partial charge in [-0.1, -0.05) is 118 Å². The van der Waals surface area contributed by atoms with Crippen LogP contribution in [-0.4, -0.2) is 41.0 Å². The number of aryl methyl sites for hydroxylation is 2. The zero-order chi connectivity index (χ0) is 48.3. The molecule has 0 saturated carbocycles. The van der Waals surface area contributed by atoms with Gasteiger partial charge in [-0.25, -0.2) is 0 Å². The van der Waals surface area contributed by atoms with Gasteiger partial charge in [-0.15, -0.1) is 0 Å². The molecule has 2 atom stereocenters. The van der Waals surface area contributed by atoms with Crippen molar-refractivity contribution >= 4 is 51.6 Å². The normalized spacial score (nSPS) is 17.0. The van der Waals surface area contributed by atoms with Gasteiger partial charge in [-0.2, -0.15) is 4.58 Å². The molecule has 2 unspecified atom stereocenters. The van der Waals surface area contributed by atoms with E-state index in [1.54, 1.807) is 12.1 Å². The predicted octanol–water partition coefficient (Wildman–Crippen LogP) is 12.7. The van der Waals surface area contributed by atoms with Crippen molar-refractivity contribution in [2.75, 3.05) is 23.3 Å². The Kier molecular flexibility index (Phi) is 17.8. The summed E-state index contributed by atoms with van der Waals surface area (Å²) in [5.74, 6) is -0.513. The molecule has 0 fully saturated rings. The zero-order valence-electron chi connectivity index (χ0n) is 42.3. The molecule has 8 nitrogen and oxygen atoms in total. The summed E-state index contributed by atoms with van der Waals surface area (Å²) in [7, 11) is 0. The Morgan fingerprint density at radius 2 is 1.26 bits per heavy atom. The van der Waals surface area contributed by atoms with E-state index in [4.69, 9.17) is 0 Å². The first-order chi connectivity index (χ1) is 31.2. The quantitative estimate of drug-likeness (QED) is 0.0868. The average Bonchev–Trinajstić information content (AvgIpc) is 3.23. The molecule has 0 bridgehead atoms. The first kappa shape index (κ1) is 51.5. The third-order valence-electron chi connectivity index (χ3n) is 12.4. The summed E-state index contributed by atoms with van der Waals surface area (Å²) in [6.45, 7) is 27.0.